The van der Waals surface area contributed by atoms with Crippen molar-refractivity contribution in [2.24, 2.45) is 4.99 Å². The minimum absolute atomic E-state index is 0.179. The Balaban J connectivity index is 2.47. The van der Waals surface area contributed by atoms with Gasteiger partial charge in [0.2, 0.25) is 0 Å². The highest BCUT2D eigenvalue weighted by molar-refractivity contribution is 6.43. The van der Waals surface area contributed by atoms with Crippen LogP contribution in [0.15, 0.2) is 35.3 Å². The van der Waals surface area contributed by atoms with Crippen LogP contribution < -0.4 is 10.6 Å². The van der Waals surface area contributed by atoms with Gasteiger partial charge in [0.05, 0.1) is 27.1 Å². The van der Waals surface area contributed by atoms with E-state index in [9.17, 15) is 9.18 Å². The fourth-order valence-corrected chi connectivity index (χ4v) is 3.50. The van der Waals surface area contributed by atoms with Gasteiger partial charge in [0.15, 0.2) is 0 Å². The zero-order valence-corrected chi connectivity index (χ0v) is 15.4. The summed E-state index contributed by atoms with van der Waals surface area (Å²) in [6, 6.07) is 7.64. The lowest BCUT2D eigenvalue weighted by Gasteiger charge is -2.25. The van der Waals surface area contributed by atoms with Gasteiger partial charge in [-0.2, -0.15) is 0 Å². The molecule has 25 heavy (non-hydrogen) atoms. The first-order valence-electron chi connectivity index (χ1n) is 7.56. The van der Waals surface area contributed by atoms with Crippen molar-refractivity contribution in [3.05, 3.63) is 57.3 Å². The number of likely N-dealkylation sites (N-methyl/N-ethyl adjacent to an activating group) is 1. The van der Waals surface area contributed by atoms with Crippen molar-refractivity contribution in [3.63, 3.8) is 0 Å². The minimum Gasteiger partial charge on any atom is -0.397 e. The largest absolute Gasteiger partial charge is 0.397 e. The van der Waals surface area contributed by atoms with Crippen LogP contribution in [0.3, 0.4) is 0 Å². The van der Waals surface area contributed by atoms with E-state index in [2.05, 4.69) is 4.99 Å². The fourth-order valence-electron chi connectivity index (χ4n) is 2.92. The summed E-state index contributed by atoms with van der Waals surface area (Å²) in [4.78, 5) is 18.8. The molecule has 1 amide bonds. The molecule has 2 aromatic rings. The third-order valence-corrected chi connectivity index (χ3v) is 4.83. The van der Waals surface area contributed by atoms with Gasteiger partial charge >= 0.3 is 0 Å². The van der Waals surface area contributed by atoms with E-state index in [1.165, 1.54) is 17.0 Å². The third kappa shape index (κ3) is 2.77. The number of fused-ring (bicyclic) bond motifs is 1. The van der Waals surface area contributed by atoms with Crippen LogP contribution in [0, 0.1) is 5.82 Å². The SMILES string of the molecule is CN1C(=O)C(C)(C)N=C(c2ccccc2F)c2c(Cl)c(N)cc(Cl)c21. The first kappa shape index (κ1) is 17.7. The molecule has 1 aliphatic heterocycles. The summed E-state index contributed by atoms with van der Waals surface area (Å²) in [6.07, 6.45) is 0. The summed E-state index contributed by atoms with van der Waals surface area (Å²) < 4.78 is 14.5. The molecule has 0 fully saturated rings. The van der Waals surface area contributed by atoms with Gasteiger partial charge in [0, 0.05) is 18.2 Å². The predicted molar refractivity (Wildman–Crippen MR) is 100 cm³/mol. The molecule has 0 radical (unpaired) electrons. The Morgan fingerprint density at radius 2 is 1.88 bits per heavy atom. The Labute approximate surface area is 155 Å². The number of benzodiazepines with no additional fused rings is 1. The maximum absolute atomic E-state index is 14.5. The average Bonchev–Trinajstić information content (AvgIpc) is 2.62. The molecule has 1 aliphatic rings. The van der Waals surface area contributed by atoms with Gasteiger partial charge in [0.1, 0.15) is 11.4 Å². The zero-order chi connectivity index (χ0) is 18.5. The molecule has 0 saturated carbocycles. The summed E-state index contributed by atoms with van der Waals surface area (Å²) in [5, 5.41) is 0.424. The van der Waals surface area contributed by atoms with Crippen LogP contribution in [-0.2, 0) is 4.79 Å². The highest BCUT2D eigenvalue weighted by Crippen LogP contribution is 2.43. The van der Waals surface area contributed by atoms with Crippen molar-refractivity contribution in [1.82, 2.24) is 0 Å². The quantitative estimate of drug-likeness (QED) is 0.750. The standard InChI is InChI=1S/C18H16Cl2FN3O/c1-18(2)17(25)24(3)16-10(19)8-12(22)14(20)13(16)15(23-18)9-6-4-5-7-11(9)21/h4-8H,22H2,1-3H3. The van der Waals surface area contributed by atoms with E-state index in [4.69, 9.17) is 28.9 Å². The Kier molecular flexibility index (Phi) is 4.25. The van der Waals surface area contributed by atoms with Crippen LogP contribution in [0.1, 0.15) is 25.0 Å². The number of rotatable bonds is 1. The molecule has 0 spiro atoms. The molecular formula is C18H16Cl2FN3O. The number of hydrogen-bond acceptors (Lipinski definition) is 3. The molecule has 0 unspecified atom stereocenters. The van der Waals surface area contributed by atoms with Gasteiger partial charge < -0.3 is 10.6 Å². The molecule has 2 aromatic carbocycles. The zero-order valence-electron chi connectivity index (χ0n) is 13.9. The van der Waals surface area contributed by atoms with Gasteiger partial charge in [-0.25, -0.2) is 4.39 Å². The number of aliphatic imine (C=N–C) groups is 1. The normalized spacial score (nSPS) is 16.3. The lowest BCUT2D eigenvalue weighted by molar-refractivity contribution is -0.122. The van der Waals surface area contributed by atoms with Crippen molar-refractivity contribution in [2.75, 3.05) is 17.7 Å². The summed E-state index contributed by atoms with van der Waals surface area (Å²) in [6.45, 7) is 3.31. The lowest BCUT2D eigenvalue weighted by atomic mass is 9.98. The molecule has 0 atom stereocenters. The van der Waals surface area contributed by atoms with Crippen molar-refractivity contribution in [1.29, 1.82) is 0 Å². The second kappa shape index (κ2) is 6.00. The van der Waals surface area contributed by atoms with E-state index in [0.29, 0.717) is 11.3 Å². The second-order valence-corrected chi connectivity index (χ2v) is 7.13. The molecule has 2 N–H and O–H groups in total. The molecule has 0 aromatic heterocycles. The van der Waals surface area contributed by atoms with Crippen molar-refractivity contribution >= 4 is 46.2 Å². The van der Waals surface area contributed by atoms with Crippen molar-refractivity contribution in [2.45, 2.75) is 19.4 Å². The fraction of sp³-hybridized carbons (Fsp3) is 0.222. The monoisotopic (exact) mass is 379 g/mol. The smallest absolute Gasteiger partial charge is 0.254 e. The van der Waals surface area contributed by atoms with Crippen LogP contribution in [0.2, 0.25) is 10.0 Å². The number of halogens is 3. The Hall–Kier alpha value is -2.11. The lowest BCUT2D eigenvalue weighted by Crippen LogP contribution is -2.41. The minimum atomic E-state index is -1.13. The molecule has 3 rings (SSSR count). The second-order valence-electron chi connectivity index (χ2n) is 6.35. The molecule has 130 valence electrons. The van der Waals surface area contributed by atoms with Crippen LogP contribution in [-0.4, -0.2) is 24.2 Å². The number of amides is 1. The Morgan fingerprint density at radius 1 is 1.24 bits per heavy atom. The molecule has 0 saturated heterocycles. The number of nitrogens with two attached hydrogens (primary N) is 1. The van der Waals surface area contributed by atoms with E-state index < -0.39 is 11.4 Å². The predicted octanol–water partition coefficient (Wildman–Crippen LogP) is 4.31. The maximum atomic E-state index is 14.5. The van der Waals surface area contributed by atoms with Crippen molar-refractivity contribution in [3.8, 4) is 0 Å². The van der Waals surface area contributed by atoms with Crippen molar-refractivity contribution < 1.29 is 9.18 Å². The van der Waals surface area contributed by atoms with Crippen LogP contribution >= 0.6 is 23.2 Å². The molecule has 1 heterocycles. The van der Waals surface area contributed by atoms with E-state index in [-0.39, 0.29) is 32.9 Å². The number of benzene rings is 2. The average molecular weight is 380 g/mol. The third-order valence-electron chi connectivity index (χ3n) is 4.14. The first-order chi connectivity index (χ1) is 11.6. The summed E-state index contributed by atoms with van der Waals surface area (Å²) in [5.74, 6) is -0.766. The molecule has 0 aliphatic carbocycles. The van der Waals surface area contributed by atoms with Crippen LogP contribution in [0.5, 0.6) is 0 Å². The summed E-state index contributed by atoms with van der Waals surface area (Å²) in [5.41, 5.74) is 6.23. The number of anilines is 2. The van der Waals surface area contributed by atoms with E-state index in [0.717, 1.165) is 0 Å². The molecular weight excluding hydrogens is 364 g/mol. The molecule has 0 bridgehead atoms. The van der Waals surface area contributed by atoms with Gasteiger partial charge in [-0.3, -0.25) is 9.79 Å². The number of nitrogen functional groups attached to an aromatic ring is 1. The summed E-state index contributed by atoms with van der Waals surface area (Å²) >= 11 is 12.8. The topological polar surface area (TPSA) is 58.7 Å². The Bertz CT molecular complexity index is 925. The highest BCUT2D eigenvalue weighted by Gasteiger charge is 2.38. The van der Waals surface area contributed by atoms with E-state index in [1.807, 2.05) is 0 Å². The molecule has 7 heteroatoms. The number of carbonyl (C=O) groups is 1. The van der Waals surface area contributed by atoms with Gasteiger partial charge in [-0.15, -0.1) is 0 Å². The highest BCUT2D eigenvalue weighted by atomic mass is 35.5. The molecule has 4 nitrogen and oxygen atoms in total. The summed E-state index contributed by atoms with van der Waals surface area (Å²) in [7, 11) is 1.58. The maximum Gasteiger partial charge on any atom is 0.254 e. The van der Waals surface area contributed by atoms with Gasteiger partial charge in [-0.1, -0.05) is 35.3 Å². The van der Waals surface area contributed by atoms with Gasteiger partial charge in [-0.05, 0) is 32.0 Å². The number of hydrogen-bond donors (Lipinski definition) is 1. The number of carbonyl (C=O) groups excluding carboxylic acids is 1. The first-order valence-corrected chi connectivity index (χ1v) is 8.31. The Morgan fingerprint density at radius 3 is 2.52 bits per heavy atom. The van der Waals surface area contributed by atoms with Gasteiger partial charge in [0.25, 0.3) is 5.91 Å². The number of nitrogens with zero attached hydrogens (tertiary/aromatic N) is 2. The van der Waals surface area contributed by atoms with E-state index >= 15 is 0 Å². The van der Waals surface area contributed by atoms with Crippen LogP contribution in [0.25, 0.3) is 0 Å². The van der Waals surface area contributed by atoms with Crippen LogP contribution in [0.4, 0.5) is 15.8 Å². The van der Waals surface area contributed by atoms with E-state index in [1.54, 1.807) is 39.1 Å².